The molecule has 0 bridgehead atoms. The molecule has 1 heterocycles. The van der Waals surface area contributed by atoms with Crippen molar-refractivity contribution < 1.29 is 33.8 Å². The lowest BCUT2D eigenvalue weighted by atomic mass is 10.0. The van der Waals surface area contributed by atoms with Crippen LogP contribution in [0.3, 0.4) is 0 Å². The molecule has 1 fully saturated rings. The summed E-state index contributed by atoms with van der Waals surface area (Å²) in [6.07, 6.45) is -0.146. The molecule has 0 saturated carbocycles. The minimum atomic E-state index is -1.29. The van der Waals surface area contributed by atoms with Gasteiger partial charge in [0.05, 0.1) is 6.42 Å². The number of benzene rings is 4. The van der Waals surface area contributed by atoms with Crippen LogP contribution in [0.25, 0.3) is 0 Å². The zero-order valence-corrected chi connectivity index (χ0v) is 25.1. The van der Waals surface area contributed by atoms with E-state index in [9.17, 15) is 24.3 Å². The van der Waals surface area contributed by atoms with Crippen molar-refractivity contribution in [2.45, 2.75) is 50.6 Å². The average Bonchev–Trinajstić information content (AvgIpc) is 3.06. The molecule has 236 valence electrons. The Kier molecular flexibility index (Phi) is 10.6. The highest BCUT2D eigenvalue weighted by molar-refractivity contribution is 5.99. The zero-order valence-electron chi connectivity index (χ0n) is 25.1. The highest BCUT2D eigenvalue weighted by Gasteiger charge is 2.35. The SMILES string of the molecule is O=C(C[C@@H]1NC(=O)[C@H](Cc2ccccc2)NC1=O)N[C@H](Cc1ccc(OCc2ccccc2)c(OCc2ccccc2)c1)C(=O)O. The summed E-state index contributed by atoms with van der Waals surface area (Å²) in [7, 11) is 0. The smallest absolute Gasteiger partial charge is 0.326 e. The van der Waals surface area contributed by atoms with Gasteiger partial charge in [-0.05, 0) is 34.4 Å². The van der Waals surface area contributed by atoms with Crippen LogP contribution in [0.1, 0.15) is 28.7 Å². The van der Waals surface area contributed by atoms with Crippen molar-refractivity contribution in [3.63, 3.8) is 0 Å². The second-order valence-corrected chi connectivity index (χ2v) is 11.0. The van der Waals surface area contributed by atoms with Crippen molar-refractivity contribution in [3.05, 3.63) is 131 Å². The number of piperazine rings is 1. The molecule has 4 N–H and O–H groups in total. The molecule has 4 aromatic carbocycles. The fraction of sp³-hybridized carbons (Fsp3) is 0.222. The van der Waals surface area contributed by atoms with Crippen molar-refractivity contribution in [1.29, 1.82) is 0 Å². The molecule has 5 rings (SSSR count). The molecule has 10 nitrogen and oxygen atoms in total. The van der Waals surface area contributed by atoms with Crippen molar-refractivity contribution in [2.75, 3.05) is 0 Å². The molecule has 1 aliphatic heterocycles. The van der Waals surface area contributed by atoms with E-state index in [0.29, 0.717) is 30.1 Å². The molecule has 3 atom stereocenters. The highest BCUT2D eigenvalue weighted by Crippen LogP contribution is 2.31. The number of rotatable bonds is 14. The van der Waals surface area contributed by atoms with Crippen LogP contribution in [0.2, 0.25) is 0 Å². The predicted molar refractivity (Wildman–Crippen MR) is 170 cm³/mol. The average molecular weight is 622 g/mol. The number of aliphatic carboxylic acids is 1. The maximum Gasteiger partial charge on any atom is 0.326 e. The van der Waals surface area contributed by atoms with Gasteiger partial charge < -0.3 is 30.5 Å². The second-order valence-electron chi connectivity index (χ2n) is 11.0. The van der Waals surface area contributed by atoms with Gasteiger partial charge in [-0.3, -0.25) is 14.4 Å². The Morgan fingerprint density at radius 1 is 0.674 bits per heavy atom. The van der Waals surface area contributed by atoms with Crippen molar-refractivity contribution in [3.8, 4) is 11.5 Å². The van der Waals surface area contributed by atoms with Gasteiger partial charge in [-0.1, -0.05) is 97.1 Å². The number of hydrogen-bond acceptors (Lipinski definition) is 6. The first kappa shape index (κ1) is 31.8. The number of carbonyl (C=O) groups is 4. The molecule has 0 aromatic heterocycles. The van der Waals surface area contributed by atoms with Crippen LogP contribution >= 0.6 is 0 Å². The van der Waals surface area contributed by atoms with E-state index in [1.807, 2.05) is 91.0 Å². The first-order valence-electron chi connectivity index (χ1n) is 15.0. The lowest BCUT2D eigenvalue weighted by Gasteiger charge is -2.29. The third kappa shape index (κ3) is 8.95. The maximum atomic E-state index is 12.9. The van der Waals surface area contributed by atoms with E-state index in [1.165, 1.54) is 0 Å². The van der Waals surface area contributed by atoms with Crippen LogP contribution in [0.15, 0.2) is 109 Å². The van der Waals surface area contributed by atoms with Gasteiger partial charge in [0.2, 0.25) is 17.7 Å². The minimum Gasteiger partial charge on any atom is -0.485 e. The first-order valence-corrected chi connectivity index (χ1v) is 15.0. The molecule has 0 aliphatic carbocycles. The van der Waals surface area contributed by atoms with E-state index in [1.54, 1.807) is 18.2 Å². The van der Waals surface area contributed by atoms with Crippen molar-refractivity contribution in [2.24, 2.45) is 0 Å². The van der Waals surface area contributed by atoms with E-state index in [-0.39, 0.29) is 13.0 Å². The Labute approximate surface area is 266 Å². The van der Waals surface area contributed by atoms with Gasteiger partial charge >= 0.3 is 5.97 Å². The Morgan fingerprint density at radius 3 is 1.78 bits per heavy atom. The number of hydrogen-bond donors (Lipinski definition) is 4. The Balaban J connectivity index is 1.22. The number of amides is 3. The molecule has 1 aliphatic rings. The van der Waals surface area contributed by atoms with Crippen LogP contribution in [0.5, 0.6) is 11.5 Å². The van der Waals surface area contributed by atoms with E-state index in [2.05, 4.69) is 16.0 Å². The van der Waals surface area contributed by atoms with Gasteiger partial charge in [0, 0.05) is 12.8 Å². The summed E-state index contributed by atoms with van der Waals surface area (Å²) in [5, 5.41) is 17.7. The predicted octanol–water partition coefficient (Wildman–Crippen LogP) is 3.57. The van der Waals surface area contributed by atoms with Crippen LogP contribution < -0.4 is 25.4 Å². The van der Waals surface area contributed by atoms with Gasteiger partial charge in [-0.2, -0.15) is 0 Å². The van der Waals surface area contributed by atoms with E-state index in [4.69, 9.17) is 9.47 Å². The summed E-state index contributed by atoms with van der Waals surface area (Å²) in [5.41, 5.74) is 3.40. The molecule has 1 saturated heterocycles. The third-order valence-corrected chi connectivity index (χ3v) is 7.49. The van der Waals surface area contributed by atoms with Crippen LogP contribution in [0.4, 0.5) is 0 Å². The van der Waals surface area contributed by atoms with Crippen molar-refractivity contribution >= 4 is 23.7 Å². The number of carboxylic acid groups (broad SMARTS) is 1. The van der Waals surface area contributed by atoms with E-state index >= 15 is 0 Å². The van der Waals surface area contributed by atoms with Gasteiger partial charge in [0.1, 0.15) is 31.3 Å². The molecule has 10 heteroatoms. The van der Waals surface area contributed by atoms with Gasteiger partial charge in [-0.15, -0.1) is 0 Å². The minimum absolute atomic E-state index is 0.0515. The Bertz CT molecular complexity index is 1650. The normalized spacial score (nSPS) is 16.4. The molecule has 0 spiro atoms. The fourth-order valence-electron chi connectivity index (χ4n) is 5.07. The Morgan fingerprint density at radius 2 is 1.20 bits per heavy atom. The zero-order chi connectivity index (χ0) is 32.3. The lowest BCUT2D eigenvalue weighted by Crippen LogP contribution is -2.63. The van der Waals surface area contributed by atoms with Crippen LogP contribution in [0, 0.1) is 0 Å². The Hall–Kier alpha value is -5.64. The quantitative estimate of drug-likeness (QED) is 0.169. The maximum absolute atomic E-state index is 12.9. The number of carboxylic acids is 1. The molecular formula is C36H35N3O7. The van der Waals surface area contributed by atoms with Gasteiger partial charge in [0.15, 0.2) is 11.5 Å². The summed E-state index contributed by atoms with van der Waals surface area (Å²) in [5.74, 6) is -1.92. The molecule has 4 aromatic rings. The van der Waals surface area contributed by atoms with E-state index in [0.717, 1.165) is 16.7 Å². The standard InChI is InChI=1S/C36H35N3O7/c40-33(21-29-35(42)38-28(34(41)39-29)18-24-10-4-1-5-11-24)37-30(36(43)44)19-27-16-17-31(45-22-25-12-6-2-7-13-25)32(20-27)46-23-26-14-8-3-9-15-26/h1-17,20,28-30H,18-19,21-23H2,(H,37,40)(H,38,42)(H,39,41)(H,43,44)/t28-,29-,30+/m0/s1. The number of nitrogens with one attached hydrogen (secondary N) is 3. The second kappa shape index (κ2) is 15.4. The molecule has 0 unspecified atom stereocenters. The largest absolute Gasteiger partial charge is 0.485 e. The molecule has 46 heavy (non-hydrogen) atoms. The summed E-state index contributed by atoms with van der Waals surface area (Å²) in [4.78, 5) is 50.4. The summed E-state index contributed by atoms with van der Waals surface area (Å²) in [6, 6.07) is 30.5. The van der Waals surface area contributed by atoms with Gasteiger partial charge in [-0.25, -0.2) is 4.79 Å². The van der Waals surface area contributed by atoms with Crippen LogP contribution in [-0.4, -0.2) is 46.9 Å². The fourth-order valence-corrected chi connectivity index (χ4v) is 5.07. The third-order valence-electron chi connectivity index (χ3n) is 7.49. The summed E-state index contributed by atoms with van der Waals surface area (Å²) >= 11 is 0. The van der Waals surface area contributed by atoms with Crippen LogP contribution in [-0.2, 0) is 45.2 Å². The number of carbonyl (C=O) groups excluding carboxylic acids is 3. The molecular weight excluding hydrogens is 586 g/mol. The van der Waals surface area contributed by atoms with Crippen molar-refractivity contribution in [1.82, 2.24) is 16.0 Å². The summed E-state index contributed by atoms with van der Waals surface area (Å²) < 4.78 is 12.1. The highest BCUT2D eigenvalue weighted by atomic mass is 16.5. The molecule has 3 amide bonds. The first-order chi connectivity index (χ1) is 22.3. The lowest BCUT2D eigenvalue weighted by molar-refractivity contribution is -0.142. The number of ether oxygens (including phenoxy) is 2. The summed E-state index contributed by atoms with van der Waals surface area (Å²) in [6.45, 7) is 0.584. The topological polar surface area (TPSA) is 143 Å². The van der Waals surface area contributed by atoms with E-state index < -0.39 is 48.2 Å². The van der Waals surface area contributed by atoms with Gasteiger partial charge in [0.25, 0.3) is 0 Å². The monoisotopic (exact) mass is 621 g/mol. The molecule has 0 radical (unpaired) electrons.